The normalized spacial score (nSPS) is 11.5. The molecule has 1 unspecified atom stereocenters. The molecule has 0 radical (unpaired) electrons. The second-order valence-electron chi connectivity index (χ2n) is 7.48. The number of primary amides is 1. The number of benzene rings is 3. The highest BCUT2D eigenvalue weighted by Gasteiger charge is 2.31. The van der Waals surface area contributed by atoms with E-state index in [-0.39, 0.29) is 13.0 Å². The minimum absolute atomic E-state index is 0.156. The molecule has 3 amide bonds. The van der Waals surface area contributed by atoms with Gasteiger partial charge >= 0.3 is 6.03 Å². The molecular formula is C26H22N4O2S. The number of nitriles is 1. The molecule has 1 aromatic heterocycles. The van der Waals surface area contributed by atoms with Crippen LogP contribution in [0.2, 0.25) is 0 Å². The lowest BCUT2D eigenvalue weighted by Gasteiger charge is -2.29. The van der Waals surface area contributed by atoms with Crippen LogP contribution in [0.4, 0.5) is 10.5 Å². The molecule has 3 aromatic carbocycles. The number of anilines is 1. The van der Waals surface area contributed by atoms with E-state index in [9.17, 15) is 9.59 Å². The van der Waals surface area contributed by atoms with Gasteiger partial charge in [-0.2, -0.15) is 5.26 Å². The number of amides is 3. The molecule has 7 heteroatoms. The van der Waals surface area contributed by atoms with Crippen LogP contribution in [0.25, 0.3) is 21.2 Å². The van der Waals surface area contributed by atoms with Crippen molar-refractivity contribution in [2.45, 2.75) is 12.5 Å². The Balaban J connectivity index is 1.75. The van der Waals surface area contributed by atoms with Gasteiger partial charge in [-0.3, -0.25) is 9.69 Å². The number of urea groups is 1. The lowest BCUT2D eigenvalue weighted by molar-refractivity contribution is -0.122. The number of carbonyl (C=O) groups excluding carboxylic acids is 2. The van der Waals surface area contributed by atoms with Crippen LogP contribution >= 0.6 is 11.3 Å². The molecule has 0 fully saturated rings. The van der Waals surface area contributed by atoms with E-state index in [0.717, 1.165) is 26.8 Å². The summed E-state index contributed by atoms with van der Waals surface area (Å²) in [5, 5.41) is 14.6. The van der Waals surface area contributed by atoms with Crippen LogP contribution < -0.4 is 16.0 Å². The molecule has 3 N–H and O–H groups in total. The summed E-state index contributed by atoms with van der Waals surface area (Å²) in [7, 11) is 0. The Morgan fingerprint density at radius 3 is 2.48 bits per heavy atom. The highest BCUT2D eigenvalue weighted by atomic mass is 32.1. The SMILES string of the molecule is N#CCNC(=O)C(Cc1csc2ccccc12)N(C(N)=O)c1cccc(-c2ccccc2)c1. The molecule has 33 heavy (non-hydrogen) atoms. The first-order valence-electron chi connectivity index (χ1n) is 10.4. The summed E-state index contributed by atoms with van der Waals surface area (Å²) in [5.41, 5.74) is 9.15. The Bertz CT molecular complexity index is 1330. The van der Waals surface area contributed by atoms with Gasteiger partial charge in [-0.25, -0.2) is 4.79 Å². The van der Waals surface area contributed by atoms with Crippen LogP contribution in [0.15, 0.2) is 84.2 Å². The molecule has 6 nitrogen and oxygen atoms in total. The van der Waals surface area contributed by atoms with Crippen molar-refractivity contribution in [2.75, 3.05) is 11.4 Å². The fourth-order valence-electron chi connectivity index (χ4n) is 3.87. The van der Waals surface area contributed by atoms with Gasteiger partial charge in [0.1, 0.15) is 12.6 Å². The van der Waals surface area contributed by atoms with E-state index < -0.39 is 18.0 Å². The molecule has 0 saturated carbocycles. The molecule has 0 saturated heterocycles. The summed E-state index contributed by atoms with van der Waals surface area (Å²) < 4.78 is 1.10. The van der Waals surface area contributed by atoms with Crippen molar-refractivity contribution >= 4 is 39.0 Å². The molecule has 4 aromatic rings. The standard InChI is InChI=1S/C26H22N4O2S/c27-13-14-29-25(31)23(16-20-17-33-24-12-5-4-11-22(20)24)30(26(28)32)21-10-6-9-19(15-21)18-7-2-1-3-8-18/h1-12,15,17,23H,14,16H2,(H2,28,32)(H,29,31). The maximum absolute atomic E-state index is 13.1. The fraction of sp³-hybridized carbons (Fsp3) is 0.115. The molecular weight excluding hydrogens is 432 g/mol. The van der Waals surface area contributed by atoms with Gasteiger partial charge < -0.3 is 11.1 Å². The van der Waals surface area contributed by atoms with Gasteiger partial charge in [-0.05, 0) is 45.7 Å². The molecule has 1 heterocycles. The molecule has 0 aliphatic carbocycles. The molecule has 0 aliphatic rings. The monoisotopic (exact) mass is 454 g/mol. The van der Waals surface area contributed by atoms with Crippen LogP contribution in [0.1, 0.15) is 5.56 Å². The molecule has 164 valence electrons. The Morgan fingerprint density at radius 2 is 1.73 bits per heavy atom. The molecule has 0 aliphatic heterocycles. The minimum Gasteiger partial charge on any atom is -0.351 e. The van der Waals surface area contributed by atoms with Crippen molar-refractivity contribution < 1.29 is 9.59 Å². The van der Waals surface area contributed by atoms with Gasteiger partial charge in [-0.15, -0.1) is 11.3 Å². The van der Waals surface area contributed by atoms with Gasteiger partial charge in [0.15, 0.2) is 0 Å². The molecule has 0 bridgehead atoms. The van der Waals surface area contributed by atoms with Gasteiger partial charge in [0, 0.05) is 16.8 Å². The summed E-state index contributed by atoms with van der Waals surface area (Å²) in [4.78, 5) is 27.1. The molecule has 1 atom stereocenters. The van der Waals surface area contributed by atoms with Crippen LogP contribution in [-0.2, 0) is 11.2 Å². The second-order valence-corrected chi connectivity index (χ2v) is 8.39. The number of nitrogens with two attached hydrogens (primary N) is 1. The summed E-state index contributed by atoms with van der Waals surface area (Å²) >= 11 is 1.58. The van der Waals surface area contributed by atoms with Gasteiger partial charge in [0.2, 0.25) is 5.91 Å². The zero-order valence-electron chi connectivity index (χ0n) is 17.8. The van der Waals surface area contributed by atoms with Crippen LogP contribution in [0.3, 0.4) is 0 Å². The van der Waals surface area contributed by atoms with E-state index in [1.807, 2.05) is 84.2 Å². The van der Waals surface area contributed by atoms with E-state index in [4.69, 9.17) is 11.0 Å². The highest BCUT2D eigenvalue weighted by Crippen LogP contribution is 2.30. The summed E-state index contributed by atoms with van der Waals surface area (Å²) in [6, 6.07) is 25.3. The largest absolute Gasteiger partial charge is 0.351 e. The summed E-state index contributed by atoms with van der Waals surface area (Å²) in [6.07, 6.45) is 0.264. The van der Waals surface area contributed by atoms with Gasteiger partial charge in [-0.1, -0.05) is 60.7 Å². The zero-order valence-corrected chi connectivity index (χ0v) is 18.6. The van der Waals surface area contributed by atoms with Crippen LogP contribution in [-0.4, -0.2) is 24.5 Å². The van der Waals surface area contributed by atoms with Crippen molar-refractivity contribution in [2.24, 2.45) is 5.73 Å². The Labute approximate surface area is 195 Å². The Morgan fingerprint density at radius 1 is 1.00 bits per heavy atom. The topological polar surface area (TPSA) is 99.2 Å². The third-order valence-electron chi connectivity index (χ3n) is 5.40. The first kappa shape index (κ1) is 22.1. The summed E-state index contributed by atoms with van der Waals surface area (Å²) in [5.74, 6) is -0.434. The molecule has 0 spiro atoms. The van der Waals surface area contributed by atoms with Crippen molar-refractivity contribution in [1.82, 2.24) is 5.32 Å². The van der Waals surface area contributed by atoms with Gasteiger partial charge in [0.25, 0.3) is 0 Å². The zero-order chi connectivity index (χ0) is 23.2. The predicted molar refractivity (Wildman–Crippen MR) is 132 cm³/mol. The number of carbonyl (C=O) groups is 2. The number of rotatable bonds is 7. The number of nitrogens with one attached hydrogen (secondary N) is 1. The first-order chi connectivity index (χ1) is 16.1. The number of hydrogen-bond acceptors (Lipinski definition) is 4. The minimum atomic E-state index is -0.917. The average Bonchev–Trinajstić information content (AvgIpc) is 3.25. The highest BCUT2D eigenvalue weighted by molar-refractivity contribution is 7.17. The maximum atomic E-state index is 13.1. The third kappa shape index (κ3) is 4.86. The van der Waals surface area contributed by atoms with Crippen LogP contribution in [0, 0.1) is 11.3 Å². The van der Waals surface area contributed by atoms with Crippen molar-refractivity contribution in [3.05, 3.63) is 89.8 Å². The number of thiophene rings is 1. The van der Waals surface area contributed by atoms with E-state index >= 15 is 0 Å². The van der Waals surface area contributed by atoms with E-state index in [1.165, 1.54) is 4.90 Å². The van der Waals surface area contributed by atoms with E-state index in [2.05, 4.69) is 5.32 Å². The summed E-state index contributed by atoms with van der Waals surface area (Å²) in [6.45, 7) is -0.156. The predicted octanol–water partition coefficient (Wildman–Crippen LogP) is 4.70. The smallest absolute Gasteiger partial charge is 0.320 e. The quantitative estimate of drug-likeness (QED) is 0.396. The number of nitrogens with zero attached hydrogens (tertiary/aromatic N) is 2. The molecule has 4 rings (SSSR count). The first-order valence-corrected chi connectivity index (χ1v) is 11.3. The average molecular weight is 455 g/mol. The van der Waals surface area contributed by atoms with Crippen molar-refractivity contribution in [3.63, 3.8) is 0 Å². The lowest BCUT2D eigenvalue weighted by Crippen LogP contribution is -2.53. The number of hydrogen-bond donors (Lipinski definition) is 2. The van der Waals surface area contributed by atoms with Gasteiger partial charge in [0.05, 0.1) is 6.07 Å². The Kier molecular flexibility index (Phi) is 6.67. The van der Waals surface area contributed by atoms with Crippen molar-refractivity contribution in [1.29, 1.82) is 5.26 Å². The second kappa shape index (κ2) is 9.98. The van der Waals surface area contributed by atoms with Crippen LogP contribution in [0.5, 0.6) is 0 Å². The fourth-order valence-corrected chi connectivity index (χ4v) is 4.85. The van der Waals surface area contributed by atoms with Crippen molar-refractivity contribution in [3.8, 4) is 17.2 Å². The third-order valence-corrected chi connectivity index (χ3v) is 6.41. The lowest BCUT2D eigenvalue weighted by atomic mass is 10.0. The maximum Gasteiger partial charge on any atom is 0.320 e. The van der Waals surface area contributed by atoms with E-state index in [0.29, 0.717) is 5.69 Å². The van der Waals surface area contributed by atoms with E-state index in [1.54, 1.807) is 17.4 Å². The Hall–Kier alpha value is -4.15. The number of fused-ring (bicyclic) bond motifs is 1.